The lowest BCUT2D eigenvalue weighted by molar-refractivity contribution is -0.359. The van der Waals surface area contributed by atoms with Gasteiger partial charge in [0, 0.05) is 6.42 Å². The Bertz CT molecular complexity index is 1360. The van der Waals surface area contributed by atoms with Gasteiger partial charge in [-0.05, 0) is 77.0 Å². The minimum absolute atomic E-state index is 0.262. The van der Waals surface area contributed by atoms with Crippen LogP contribution in [0, 0.1) is 0 Å². The Kier molecular flexibility index (Phi) is 35.8. The first-order valence-electron chi connectivity index (χ1n) is 26.0. The Labute approximate surface area is 403 Å². The van der Waals surface area contributed by atoms with Gasteiger partial charge in [0.15, 0.2) is 12.6 Å². The van der Waals surface area contributed by atoms with E-state index in [0.29, 0.717) is 12.8 Å². The minimum atomic E-state index is -1.79. The van der Waals surface area contributed by atoms with Crippen molar-refractivity contribution in [1.29, 1.82) is 0 Å². The van der Waals surface area contributed by atoms with Crippen molar-refractivity contribution < 1.29 is 64.6 Å². The first-order chi connectivity index (χ1) is 32.6. The average Bonchev–Trinajstić information content (AvgIpc) is 3.32. The highest BCUT2D eigenvalue weighted by atomic mass is 16.7. The van der Waals surface area contributed by atoms with Gasteiger partial charge in [0.05, 0.1) is 32.0 Å². The summed E-state index contributed by atoms with van der Waals surface area (Å²) < 4.78 is 22.7. The van der Waals surface area contributed by atoms with Gasteiger partial charge in [-0.1, -0.05) is 152 Å². The van der Waals surface area contributed by atoms with Crippen molar-refractivity contribution in [2.45, 2.75) is 248 Å². The van der Waals surface area contributed by atoms with E-state index >= 15 is 0 Å². The quantitative estimate of drug-likeness (QED) is 0.0223. The van der Waals surface area contributed by atoms with Gasteiger partial charge in [-0.25, -0.2) is 0 Å². The number of rotatable bonds is 39. The number of allylic oxidation sites excluding steroid dienone is 9. The Morgan fingerprint density at radius 1 is 0.537 bits per heavy atom. The van der Waals surface area contributed by atoms with Crippen molar-refractivity contribution in [3.05, 3.63) is 60.8 Å². The summed E-state index contributed by atoms with van der Waals surface area (Å²) in [6, 6.07) is -0.940. The second-order valence-electron chi connectivity index (χ2n) is 18.3. The maximum Gasteiger partial charge on any atom is 0.220 e. The molecule has 0 bridgehead atoms. The molecule has 0 saturated carbocycles. The Morgan fingerprint density at radius 3 is 1.58 bits per heavy atom. The van der Waals surface area contributed by atoms with Crippen LogP contribution in [0.3, 0.4) is 0 Å². The predicted molar refractivity (Wildman–Crippen MR) is 263 cm³/mol. The third kappa shape index (κ3) is 26.5. The molecule has 0 aromatic heterocycles. The van der Waals surface area contributed by atoms with E-state index in [-0.39, 0.29) is 18.9 Å². The summed E-state index contributed by atoms with van der Waals surface area (Å²) in [5, 5.41) is 86.7. The van der Waals surface area contributed by atoms with Crippen molar-refractivity contribution >= 4 is 5.91 Å². The van der Waals surface area contributed by atoms with E-state index in [0.717, 1.165) is 57.8 Å². The number of aliphatic hydroxyl groups is 8. The Morgan fingerprint density at radius 2 is 1.00 bits per heavy atom. The molecule has 388 valence electrons. The zero-order valence-electron chi connectivity index (χ0n) is 41.1. The summed E-state index contributed by atoms with van der Waals surface area (Å²) in [6.07, 6.45) is 31.1. The molecule has 0 aromatic carbocycles. The SMILES string of the molecule is CCCCC/C=C\C/C=C\CCCCCCCCCCCC(=O)NC(COC1OC(CO)C(OC2OC(CO)C(O)C(O)C2O)C(O)C1O)C(O)/C=C/CC/C=C/CC/C=C/CCCCCC. The van der Waals surface area contributed by atoms with Crippen molar-refractivity contribution in [2.24, 2.45) is 0 Å². The molecular weight excluding hydrogens is 859 g/mol. The first-order valence-corrected chi connectivity index (χ1v) is 26.0. The van der Waals surface area contributed by atoms with Crippen LogP contribution in [0.4, 0.5) is 0 Å². The standard InChI is InChI=1S/C53H93NO13/c1-3-5-7-9-11-13-15-17-19-20-21-22-23-25-27-29-31-33-35-37-45(58)54-41(42(57)36-34-32-30-28-26-24-18-16-14-12-10-8-6-4-2)40-64-52-50(63)48(61)51(44(39-56)66-52)67-53-49(62)47(60)46(59)43(38-55)65-53/h11,13-14,16-17,19,26,28,34,36,41-44,46-53,55-57,59-63H,3-10,12,15,18,20-25,27,29-33,35,37-40H2,1-2H3,(H,54,58)/b13-11-,16-14+,19-17-,28-26+,36-34+. The number of ether oxygens (including phenoxy) is 4. The normalized spacial score (nSPS) is 27.1. The van der Waals surface area contributed by atoms with Gasteiger partial charge in [0.25, 0.3) is 0 Å². The number of amides is 1. The van der Waals surface area contributed by atoms with Gasteiger partial charge >= 0.3 is 0 Å². The molecule has 0 aromatic rings. The van der Waals surface area contributed by atoms with Crippen LogP contribution >= 0.6 is 0 Å². The monoisotopic (exact) mass is 952 g/mol. The van der Waals surface area contributed by atoms with Gasteiger partial charge in [-0.15, -0.1) is 0 Å². The maximum absolute atomic E-state index is 13.2. The molecule has 2 aliphatic rings. The lowest BCUT2D eigenvalue weighted by Crippen LogP contribution is -2.65. The van der Waals surface area contributed by atoms with E-state index in [2.05, 4.69) is 67.8 Å². The maximum atomic E-state index is 13.2. The number of carbonyl (C=O) groups excluding carboxylic acids is 1. The highest BCUT2D eigenvalue weighted by Gasteiger charge is 2.51. The molecule has 12 atom stereocenters. The van der Waals surface area contributed by atoms with E-state index in [1.54, 1.807) is 6.08 Å². The Balaban J connectivity index is 1.85. The minimum Gasteiger partial charge on any atom is -0.394 e. The number of hydrogen-bond donors (Lipinski definition) is 9. The zero-order valence-corrected chi connectivity index (χ0v) is 41.1. The van der Waals surface area contributed by atoms with Crippen LogP contribution < -0.4 is 5.32 Å². The summed E-state index contributed by atoms with van der Waals surface area (Å²) in [7, 11) is 0. The van der Waals surface area contributed by atoms with Crippen LogP contribution in [0.25, 0.3) is 0 Å². The summed E-state index contributed by atoms with van der Waals surface area (Å²) >= 11 is 0. The third-order valence-electron chi connectivity index (χ3n) is 12.4. The highest BCUT2D eigenvalue weighted by molar-refractivity contribution is 5.76. The summed E-state index contributed by atoms with van der Waals surface area (Å²) in [5.41, 5.74) is 0. The molecule has 2 aliphatic heterocycles. The number of nitrogens with one attached hydrogen (secondary N) is 1. The second kappa shape index (κ2) is 39.4. The van der Waals surface area contributed by atoms with Crippen molar-refractivity contribution in [1.82, 2.24) is 5.32 Å². The topological polar surface area (TPSA) is 228 Å². The van der Waals surface area contributed by atoms with Crippen molar-refractivity contribution in [3.63, 3.8) is 0 Å². The summed E-state index contributed by atoms with van der Waals surface area (Å²) in [4.78, 5) is 13.2. The van der Waals surface area contributed by atoms with Crippen LogP contribution in [-0.2, 0) is 23.7 Å². The number of carbonyl (C=O) groups is 1. The molecule has 1 amide bonds. The molecule has 14 heteroatoms. The van der Waals surface area contributed by atoms with E-state index in [9.17, 15) is 45.6 Å². The van der Waals surface area contributed by atoms with Crippen LogP contribution in [0.1, 0.15) is 174 Å². The lowest BCUT2D eigenvalue weighted by atomic mass is 9.97. The molecule has 2 rings (SSSR count). The zero-order chi connectivity index (χ0) is 48.9. The molecule has 67 heavy (non-hydrogen) atoms. The number of unbranched alkanes of at least 4 members (excludes halogenated alkanes) is 18. The highest BCUT2D eigenvalue weighted by Crippen LogP contribution is 2.30. The summed E-state index contributed by atoms with van der Waals surface area (Å²) in [5.74, 6) is -0.262. The molecule has 0 aliphatic carbocycles. The van der Waals surface area contributed by atoms with Gasteiger partial charge in [-0.3, -0.25) is 4.79 Å². The largest absolute Gasteiger partial charge is 0.394 e. The first kappa shape index (κ1) is 60.8. The summed E-state index contributed by atoms with van der Waals surface area (Å²) in [6.45, 7) is 2.69. The van der Waals surface area contributed by atoms with Crippen LogP contribution in [0.15, 0.2) is 60.8 Å². The van der Waals surface area contributed by atoms with E-state index in [1.807, 2.05) is 6.08 Å². The van der Waals surface area contributed by atoms with Gasteiger partial charge in [0.1, 0.15) is 48.8 Å². The fourth-order valence-corrected chi connectivity index (χ4v) is 8.12. The number of hydrogen-bond acceptors (Lipinski definition) is 13. The molecule has 2 saturated heterocycles. The van der Waals surface area contributed by atoms with Gasteiger partial charge in [-0.2, -0.15) is 0 Å². The van der Waals surface area contributed by atoms with Crippen LogP contribution in [0.5, 0.6) is 0 Å². The molecule has 9 N–H and O–H groups in total. The molecular formula is C53H93NO13. The smallest absolute Gasteiger partial charge is 0.220 e. The predicted octanol–water partition coefficient (Wildman–Crippen LogP) is 7.05. The molecule has 2 heterocycles. The number of aliphatic hydroxyl groups excluding tert-OH is 8. The second-order valence-corrected chi connectivity index (χ2v) is 18.3. The molecule has 14 nitrogen and oxygen atoms in total. The van der Waals surface area contributed by atoms with E-state index < -0.39 is 86.8 Å². The average molecular weight is 952 g/mol. The van der Waals surface area contributed by atoms with Crippen molar-refractivity contribution in [3.8, 4) is 0 Å². The molecule has 0 spiro atoms. The molecule has 0 radical (unpaired) electrons. The van der Waals surface area contributed by atoms with Crippen molar-refractivity contribution in [2.75, 3.05) is 19.8 Å². The third-order valence-corrected chi connectivity index (χ3v) is 12.4. The van der Waals surface area contributed by atoms with Gasteiger partial charge in [0.2, 0.25) is 5.91 Å². The van der Waals surface area contributed by atoms with Gasteiger partial charge < -0.3 is 65.1 Å². The van der Waals surface area contributed by atoms with E-state index in [4.69, 9.17) is 18.9 Å². The molecule has 12 unspecified atom stereocenters. The van der Waals surface area contributed by atoms with Crippen LogP contribution in [-0.4, -0.2) is 140 Å². The molecule has 2 fully saturated rings. The fourth-order valence-electron chi connectivity index (χ4n) is 8.12. The lowest BCUT2D eigenvalue weighted by Gasteiger charge is -2.46. The fraction of sp³-hybridized carbons (Fsp3) is 0.792. The Hall–Kier alpha value is -2.31. The van der Waals surface area contributed by atoms with Crippen LogP contribution in [0.2, 0.25) is 0 Å². The van der Waals surface area contributed by atoms with E-state index in [1.165, 1.54) is 83.5 Å².